The van der Waals surface area contributed by atoms with Crippen LogP contribution in [-0.2, 0) is 6.42 Å². The van der Waals surface area contributed by atoms with Crippen molar-refractivity contribution in [2.45, 2.75) is 39.3 Å². The molecule has 0 radical (unpaired) electrons. The van der Waals surface area contributed by atoms with Crippen molar-refractivity contribution in [1.82, 2.24) is 24.8 Å². The zero-order valence-corrected chi connectivity index (χ0v) is 18.1. The molecule has 2 atom stereocenters. The van der Waals surface area contributed by atoms with E-state index in [1.54, 1.807) is 31.0 Å². The molecule has 30 heavy (non-hydrogen) atoms. The number of hydrogen-bond acceptors (Lipinski definition) is 7. The summed E-state index contributed by atoms with van der Waals surface area (Å²) in [6, 6.07) is 6.56. The molecular formula is C23H32N6O. The van der Waals surface area contributed by atoms with E-state index in [4.69, 9.17) is 0 Å². The van der Waals surface area contributed by atoms with Crippen LogP contribution in [0.15, 0.2) is 55.4 Å². The normalized spacial score (nSPS) is 16.8. The van der Waals surface area contributed by atoms with Crippen LogP contribution in [0.4, 0.5) is 5.95 Å². The Balaban J connectivity index is 1.56. The van der Waals surface area contributed by atoms with Gasteiger partial charge in [-0.25, -0.2) is 9.97 Å². The van der Waals surface area contributed by atoms with Crippen LogP contribution < -0.4 is 4.90 Å². The minimum atomic E-state index is -0.519. The molecule has 2 unspecified atom stereocenters. The maximum absolute atomic E-state index is 10.2. The molecule has 1 aliphatic heterocycles. The number of aliphatic hydroxyl groups is 1. The lowest BCUT2D eigenvalue weighted by Gasteiger charge is -2.38. The summed E-state index contributed by atoms with van der Waals surface area (Å²) in [6.45, 7) is 9.97. The first kappa shape index (κ1) is 22.1. The van der Waals surface area contributed by atoms with E-state index in [0.29, 0.717) is 6.04 Å². The quantitative estimate of drug-likeness (QED) is 0.787. The zero-order chi connectivity index (χ0) is 21.3. The van der Waals surface area contributed by atoms with Gasteiger partial charge in [0.1, 0.15) is 0 Å². The highest BCUT2D eigenvalue weighted by molar-refractivity contribution is 5.31. The second kappa shape index (κ2) is 10.9. The number of aliphatic hydroxyl groups excluding tert-OH is 1. The molecule has 0 aliphatic carbocycles. The average Bonchev–Trinajstić information content (AvgIpc) is 2.77. The smallest absolute Gasteiger partial charge is 0.225 e. The van der Waals surface area contributed by atoms with Gasteiger partial charge in [-0.3, -0.25) is 14.9 Å². The Kier molecular flexibility index (Phi) is 8.04. The summed E-state index contributed by atoms with van der Waals surface area (Å²) in [5, 5.41) is 10.2. The first-order valence-corrected chi connectivity index (χ1v) is 10.6. The molecule has 3 rings (SSSR count). The highest BCUT2D eigenvalue weighted by Crippen LogP contribution is 2.21. The third-order valence-corrected chi connectivity index (χ3v) is 5.48. The van der Waals surface area contributed by atoms with Gasteiger partial charge in [-0.1, -0.05) is 19.9 Å². The lowest BCUT2D eigenvalue weighted by molar-refractivity contribution is 0.126. The molecule has 0 saturated carbocycles. The van der Waals surface area contributed by atoms with Gasteiger partial charge in [0.2, 0.25) is 5.95 Å². The van der Waals surface area contributed by atoms with E-state index in [1.165, 1.54) is 5.56 Å². The molecule has 1 N–H and O–H groups in total. The number of anilines is 1. The number of piperazine rings is 1. The Labute approximate surface area is 179 Å². The molecule has 7 nitrogen and oxygen atoms in total. The van der Waals surface area contributed by atoms with Crippen LogP contribution in [0.3, 0.4) is 0 Å². The predicted molar refractivity (Wildman–Crippen MR) is 118 cm³/mol. The fourth-order valence-electron chi connectivity index (χ4n) is 3.59. The summed E-state index contributed by atoms with van der Waals surface area (Å²) in [5.41, 5.74) is 2.01. The molecule has 1 fully saturated rings. The van der Waals surface area contributed by atoms with Gasteiger partial charge in [-0.05, 0) is 37.0 Å². The van der Waals surface area contributed by atoms with Crippen LogP contribution in [0.25, 0.3) is 0 Å². The zero-order valence-electron chi connectivity index (χ0n) is 18.1. The number of hydrogen-bond donors (Lipinski definition) is 1. The molecule has 0 spiro atoms. The van der Waals surface area contributed by atoms with E-state index < -0.39 is 6.10 Å². The summed E-state index contributed by atoms with van der Waals surface area (Å²) in [5.74, 6) is 0.889. The second-order valence-corrected chi connectivity index (χ2v) is 8.08. The maximum atomic E-state index is 10.2. The molecule has 2 aromatic heterocycles. The molecule has 0 aromatic carbocycles. The van der Waals surface area contributed by atoms with Crippen molar-refractivity contribution in [3.8, 4) is 0 Å². The summed E-state index contributed by atoms with van der Waals surface area (Å²) in [4.78, 5) is 22.0. The molecule has 3 heterocycles. The lowest BCUT2D eigenvalue weighted by atomic mass is 10.0. The molecule has 2 aromatic rings. The summed E-state index contributed by atoms with van der Waals surface area (Å²) in [6.07, 6.45) is 10.9. The van der Waals surface area contributed by atoms with E-state index in [9.17, 15) is 5.11 Å². The Bertz CT molecular complexity index is 810. The van der Waals surface area contributed by atoms with Gasteiger partial charge in [0.25, 0.3) is 0 Å². The van der Waals surface area contributed by atoms with Crippen molar-refractivity contribution < 1.29 is 5.11 Å². The molecule has 7 heteroatoms. The first-order chi connectivity index (χ1) is 14.5. The summed E-state index contributed by atoms with van der Waals surface area (Å²) < 4.78 is 0. The fourth-order valence-corrected chi connectivity index (χ4v) is 3.59. The highest BCUT2D eigenvalue weighted by Gasteiger charge is 2.23. The van der Waals surface area contributed by atoms with Crippen molar-refractivity contribution in [3.63, 3.8) is 0 Å². The molecule has 0 bridgehead atoms. The number of nitrogens with zero attached hydrogens (tertiary/aromatic N) is 6. The van der Waals surface area contributed by atoms with E-state index >= 15 is 0 Å². The van der Waals surface area contributed by atoms with E-state index in [0.717, 1.165) is 44.1 Å². The SMILES string of the molecule is CC(C)C(O)c1cnc(N2CCN(C(C)Cc3cccnccncc3)CC2)nc1. The maximum Gasteiger partial charge on any atom is 0.225 e. The van der Waals surface area contributed by atoms with Gasteiger partial charge in [0.15, 0.2) is 0 Å². The second-order valence-electron chi connectivity index (χ2n) is 8.08. The highest BCUT2D eigenvalue weighted by atomic mass is 16.3. The molecule has 0 amide bonds. The molecule has 160 valence electrons. The van der Waals surface area contributed by atoms with Crippen LogP contribution in [-0.4, -0.2) is 62.2 Å². The summed E-state index contributed by atoms with van der Waals surface area (Å²) in [7, 11) is 0. The van der Waals surface area contributed by atoms with E-state index in [1.807, 2.05) is 26.1 Å². The van der Waals surface area contributed by atoms with Crippen LogP contribution in [0.5, 0.6) is 0 Å². The predicted octanol–water partition coefficient (Wildman–Crippen LogP) is 2.83. The van der Waals surface area contributed by atoms with Crippen molar-refractivity contribution in [2.24, 2.45) is 5.92 Å². The van der Waals surface area contributed by atoms with Crippen LogP contribution in [0.2, 0.25) is 0 Å². The number of aromatic nitrogens is 4. The third-order valence-electron chi connectivity index (χ3n) is 5.48. The van der Waals surface area contributed by atoms with Gasteiger partial charge < -0.3 is 10.0 Å². The van der Waals surface area contributed by atoms with Gasteiger partial charge in [-0.15, -0.1) is 0 Å². The molecular weight excluding hydrogens is 376 g/mol. The van der Waals surface area contributed by atoms with Gasteiger partial charge >= 0.3 is 0 Å². The monoisotopic (exact) mass is 408 g/mol. The Hall–Kier alpha value is -2.64. The standard InChI is InChI=1S/C23H32N6O/c1-18(2)22(30)21-16-26-23(27-17-21)29-13-11-28(12-14-29)19(3)15-20-5-4-7-24-9-10-25-8-6-20/h4-10,16-19,22,30H,11-15H2,1-3H3. The van der Waals surface area contributed by atoms with E-state index in [-0.39, 0.29) is 5.92 Å². The van der Waals surface area contributed by atoms with Crippen LogP contribution in [0.1, 0.15) is 38.0 Å². The Morgan fingerprint density at radius 2 is 1.57 bits per heavy atom. The molecule has 1 aliphatic rings. The van der Waals surface area contributed by atoms with Gasteiger partial charge in [0, 0.05) is 75.0 Å². The van der Waals surface area contributed by atoms with Crippen molar-refractivity contribution >= 4 is 5.95 Å². The average molecular weight is 409 g/mol. The van der Waals surface area contributed by atoms with Crippen molar-refractivity contribution in [3.05, 3.63) is 66.5 Å². The fraction of sp³-hybridized carbons (Fsp3) is 0.478. The van der Waals surface area contributed by atoms with Crippen molar-refractivity contribution in [2.75, 3.05) is 31.1 Å². The third kappa shape index (κ3) is 6.18. The van der Waals surface area contributed by atoms with Gasteiger partial charge in [0.05, 0.1) is 6.10 Å². The van der Waals surface area contributed by atoms with Crippen LogP contribution >= 0.6 is 0 Å². The van der Waals surface area contributed by atoms with Crippen LogP contribution in [0, 0.1) is 5.92 Å². The summed E-state index contributed by atoms with van der Waals surface area (Å²) >= 11 is 0. The Morgan fingerprint density at radius 3 is 2.23 bits per heavy atom. The van der Waals surface area contributed by atoms with E-state index in [2.05, 4.69) is 48.8 Å². The first-order valence-electron chi connectivity index (χ1n) is 10.6. The molecule has 1 saturated heterocycles. The topological polar surface area (TPSA) is 78.3 Å². The Morgan fingerprint density at radius 1 is 0.900 bits per heavy atom. The largest absolute Gasteiger partial charge is 0.388 e. The lowest BCUT2D eigenvalue weighted by Crippen LogP contribution is -2.50. The van der Waals surface area contributed by atoms with Crippen molar-refractivity contribution in [1.29, 1.82) is 0 Å². The number of rotatable bonds is 6. The minimum absolute atomic E-state index is 0.149. The minimum Gasteiger partial charge on any atom is -0.388 e. The van der Waals surface area contributed by atoms with Gasteiger partial charge in [-0.2, -0.15) is 0 Å².